The Kier molecular flexibility index (Phi) is 4.45. The van der Waals surface area contributed by atoms with E-state index in [1.54, 1.807) is 0 Å². The van der Waals surface area contributed by atoms with E-state index in [2.05, 4.69) is 0 Å². The maximum Gasteiger partial charge on any atom is 0.417 e. The third-order valence-corrected chi connectivity index (χ3v) is 1.35. The zero-order valence-corrected chi connectivity index (χ0v) is 8.33. The first kappa shape index (κ1) is 14.8. The fraction of sp³-hybridized carbons (Fsp3) is 0.857. The van der Waals surface area contributed by atoms with Crippen LogP contribution in [0, 0.1) is 0 Å². The second kappa shape index (κ2) is 4.79. The van der Waals surface area contributed by atoms with Crippen LogP contribution in [0.5, 0.6) is 0 Å². The highest BCUT2D eigenvalue weighted by atomic mass is 19.4. The topological polar surface area (TPSA) is 41.1 Å². The number of urea groups is 1. The molecule has 0 aromatic heterocycles. The maximum atomic E-state index is 12.0. The Morgan fingerprint density at radius 2 is 1.31 bits per heavy atom. The van der Waals surface area contributed by atoms with Crippen molar-refractivity contribution in [1.82, 2.24) is 10.6 Å². The van der Waals surface area contributed by atoms with E-state index in [9.17, 15) is 31.1 Å². The SMILES string of the molecule is CC(C)NC(=O)NC(C(F)(F)F)C(F)(F)F. The molecule has 0 atom stereocenters. The molecule has 0 rings (SSSR count). The molecule has 0 aliphatic rings. The predicted octanol–water partition coefficient (Wildman–Crippen LogP) is 2.19. The molecule has 0 fully saturated rings. The van der Waals surface area contributed by atoms with Gasteiger partial charge in [-0.05, 0) is 13.8 Å². The van der Waals surface area contributed by atoms with Crippen LogP contribution in [0.3, 0.4) is 0 Å². The van der Waals surface area contributed by atoms with Gasteiger partial charge >= 0.3 is 18.4 Å². The number of carbonyl (C=O) groups is 1. The van der Waals surface area contributed by atoms with Crippen LogP contribution < -0.4 is 10.6 Å². The standard InChI is InChI=1S/C7H10F6N2O/c1-3(2)14-5(16)15-4(6(8,9)10)7(11,12)13/h3-4H,1-2H3,(H2,14,15,16). The van der Waals surface area contributed by atoms with Gasteiger partial charge in [0.1, 0.15) is 0 Å². The number of hydrogen-bond acceptors (Lipinski definition) is 1. The Balaban J connectivity index is 4.65. The lowest BCUT2D eigenvalue weighted by molar-refractivity contribution is -0.255. The van der Waals surface area contributed by atoms with Crippen molar-refractivity contribution >= 4 is 6.03 Å². The van der Waals surface area contributed by atoms with E-state index in [0.29, 0.717) is 0 Å². The molecule has 3 nitrogen and oxygen atoms in total. The summed E-state index contributed by atoms with van der Waals surface area (Å²) in [6.45, 7) is 2.80. The van der Waals surface area contributed by atoms with Crippen molar-refractivity contribution in [1.29, 1.82) is 0 Å². The monoisotopic (exact) mass is 252 g/mol. The van der Waals surface area contributed by atoms with E-state index in [1.807, 2.05) is 5.32 Å². The van der Waals surface area contributed by atoms with Crippen LogP contribution in [-0.4, -0.2) is 30.5 Å². The van der Waals surface area contributed by atoms with Crippen LogP contribution in [0.1, 0.15) is 13.8 Å². The summed E-state index contributed by atoms with van der Waals surface area (Å²) in [4.78, 5) is 10.7. The smallest absolute Gasteiger partial charge is 0.336 e. The van der Waals surface area contributed by atoms with Crippen LogP contribution in [0.25, 0.3) is 0 Å². The molecule has 0 aromatic rings. The largest absolute Gasteiger partial charge is 0.417 e. The number of nitrogens with one attached hydrogen (secondary N) is 2. The molecule has 0 saturated heterocycles. The third-order valence-electron chi connectivity index (χ3n) is 1.35. The van der Waals surface area contributed by atoms with Crippen molar-refractivity contribution < 1.29 is 31.1 Å². The average molecular weight is 252 g/mol. The summed E-state index contributed by atoms with van der Waals surface area (Å²) < 4.78 is 71.7. The quantitative estimate of drug-likeness (QED) is 0.727. The summed E-state index contributed by atoms with van der Waals surface area (Å²) in [6, 6.07) is -5.95. The summed E-state index contributed by atoms with van der Waals surface area (Å²) in [6.07, 6.45) is -11.2. The fourth-order valence-corrected chi connectivity index (χ4v) is 0.784. The first-order valence-electron chi connectivity index (χ1n) is 4.15. The number of amides is 2. The lowest BCUT2D eigenvalue weighted by Crippen LogP contribution is -2.57. The maximum absolute atomic E-state index is 12.0. The van der Waals surface area contributed by atoms with Crippen LogP contribution in [0.4, 0.5) is 31.1 Å². The average Bonchev–Trinajstić information content (AvgIpc) is 1.94. The van der Waals surface area contributed by atoms with Crippen molar-refractivity contribution in [3.8, 4) is 0 Å². The predicted molar refractivity (Wildman–Crippen MR) is 42.7 cm³/mol. The Morgan fingerprint density at radius 1 is 0.938 bits per heavy atom. The Hall–Kier alpha value is -1.15. The van der Waals surface area contributed by atoms with Gasteiger partial charge in [0.2, 0.25) is 6.04 Å². The molecule has 0 radical (unpaired) electrons. The van der Waals surface area contributed by atoms with Crippen LogP contribution in [0.2, 0.25) is 0 Å². The van der Waals surface area contributed by atoms with Gasteiger partial charge in [-0.2, -0.15) is 26.3 Å². The fourth-order valence-electron chi connectivity index (χ4n) is 0.784. The first-order chi connectivity index (χ1) is 6.94. The molecule has 9 heteroatoms. The van der Waals surface area contributed by atoms with Crippen LogP contribution in [-0.2, 0) is 0 Å². The normalized spacial score (nSPS) is 13.1. The van der Waals surface area contributed by atoms with Gasteiger partial charge in [0.05, 0.1) is 0 Å². The molecule has 0 aromatic carbocycles. The van der Waals surface area contributed by atoms with Crippen molar-refractivity contribution in [2.75, 3.05) is 0 Å². The number of hydrogen-bond donors (Lipinski definition) is 2. The number of alkyl halides is 6. The minimum absolute atomic E-state index is 0.567. The van der Waals surface area contributed by atoms with Gasteiger partial charge in [-0.15, -0.1) is 0 Å². The highest BCUT2D eigenvalue weighted by Gasteiger charge is 2.57. The summed E-state index contributed by atoms with van der Waals surface area (Å²) in [5.74, 6) is 0. The molecule has 0 aliphatic heterocycles. The lowest BCUT2D eigenvalue weighted by Gasteiger charge is -2.24. The van der Waals surface area contributed by atoms with Gasteiger partial charge in [-0.3, -0.25) is 0 Å². The van der Waals surface area contributed by atoms with Crippen LogP contribution in [0.15, 0.2) is 0 Å². The molecule has 16 heavy (non-hydrogen) atoms. The molecule has 2 amide bonds. The highest BCUT2D eigenvalue weighted by molar-refractivity contribution is 5.74. The van der Waals surface area contributed by atoms with Gasteiger partial charge < -0.3 is 10.6 Å². The second-order valence-electron chi connectivity index (χ2n) is 3.29. The van der Waals surface area contributed by atoms with Gasteiger partial charge in [0, 0.05) is 6.04 Å². The van der Waals surface area contributed by atoms with E-state index in [1.165, 1.54) is 13.8 Å². The van der Waals surface area contributed by atoms with Gasteiger partial charge in [0.25, 0.3) is 0 Å². The van der Waals surface area contributed by atoms with Crippen molar-refractivity contribution in [2.24, 2.45) is 0 Å². The molecular weight excluding hydrogens is 242 g/mol. The van der Waals surface area contributed by atoms with Crippen molar-refractivity contribution in [3.63, 3.8) is 0 Å². The van der Waals surface area contributed by atoms with Gasteiger partial charge in [-0.25, -0.2) is 4.79 Å². The number of carbonyl (C=O) groups excluding carboxylic acids is 1. The van der Waals surface area contributed by atoms with Gasteiger partial charge in [0.15, 0.2) is 0 Å². The number of rotatable bonds is 2. The van der Waals surface area contributed by atoms with E-state index < -0.39 is 30.5 Å². The van der Waals surface area contributed by atoms with Crippen LogP contribution >= 0.6 is 0 Å². The lowest BCUT2D eigenvalue weighted by atomic mass is 10.3. The Morgan fingerprint density at radius 3 is 1.56 bits per heavy atom. The van der Waals surface area contributed by atoms with E-state index >= 15 is 0 Å². The highest BCUT2D eigenvalue weighted by Crippen LogP contribution is 2.32. The molecule has 0 saturated carbocycles. The molecule has 2 N–H and O–H groups in total. The molecule has 0 bridgehead atoms. The summed E-state index contributed by atoms with van der Waals surface area (Å²) >= 11 is 0. The third kappa shape index (κ3) is 5.08. The van der Waals surface area contributed by atoms with Crippen molar-refractivity contribution in [2.45, 2.75) is 38.3 Å². The molecule has 0 unspecified atom stereocenters. The van der Waals surface area contributed by atoms with Crippen molar-refractivity contribution in [3.05, 3.63) is 0 Å². The molecule has 0 spiro atoms. The van der Waals surface area contributed by atoms with E-state index in [0.717, 1.165) is 5.32 Å². The minimum atomic E-state index is -5.58. The second-order valence-corrected chi connectivity index (χ2v) is 3.29. The minimum Gasteiger partial charge on any atom is -0.336 e. The molecule has 0 aliphatic carbocycles. The Bertz CT molecular complexity index is 232. The summed E-state index contributed by atoms with van der Waals surface area (Å²) in [5, 5.41) is 2.70. The molecule has 96 valence electrons. The first-order valence-corrected chi connectivity index (χ1v) is 4.15. The van der Waals surface area contributed by atoms with E-state index in [4.69, 9.17) is 0 Å². The summed E-state index contributed by atoms with van der Waals surface area (Å²) in [7, 11) is 0. The summed E-state index contributed by atoms with van der Waals surface area (Å²) in [5.41, 5.74) is 0. The van der Waals surface area contributed by atoms with Gasteiger partial charge in [-0.1, -0.05) is 0 Å². The van der Waals surface area contributed by atoms with E-state index in [-0.39, 0.29) is 0 Å². The Labute approximate surface area is 87.2 Å². The molecule has 0 heterocycles. The zero-order valence-electron chi connectivity index (χ0n) is 8.33. The number of halogens is 6. The zero-order chi connectivity index (χ0) is 13.1. The molecular formula is C7H10F6N2O.